The molecule has 2 heterocycles. The summed E-state index contributed by atoms with van der Waals surface area (Å²) in [6.45, 7) is 5.69. The molecule has 0 bridgehead atoms. The molecule has 1 aliphatic heterocycles. The lowest BCUT2D eigenvalue weighted by Gasteiger charge is -2.28. The van der Waals surface area contributed by atoms with Crippen molar-refractivity contribution in [3.8, 4) is 0 Å². The molecule has 1 saturated carbocycles. The third kappa shape index (κ3) is 4.13. The normalized spacial score (nSPS) is 17.1. The molecule has 28 heavy (non-hydrogen) atoms. The van der Waals surface area contributed by atoms with Crippen molar-refractivity contribution < 1.29 is 14.3 Å². The molecule has 1 aliphatic carbocycles. The standard InChI is InChI=1S/C22H26N2O3S/c1-14-18(22(26)24-10-8-20-17(12-24)9-11-28-20)4-3-5-19(14)23-21(25)15(2)27-13-16-6-7-16/h3-5,9,11,15-16H,6-8,10,12-13H2,1-2H3,(H,23,25). The van der Waals surface area contributed by atoms with E-state index in [-0.39, 0.29) is 11.8 Å². The highest BCUT2D eigenvalue weighted by Gasteiger charge is 2.26. The molecular formula is C22H26N2O3S. The van der Waals surface area contributed by atoms with E-state index >= 15 is 0 Å². The van der Waals surface area contributed by atoms with E-state index in [0.29, 0.717) is 30.3 Å². The first-order valence-corrected chi connectivity index (χ1v) is 10.8. The van der Waals surface area contributed by atoms with Crippen molar-refractivity contribution in [2.24, 2.45) is 5.92 Å². The first kappa shape index (κ1) is 19.2. The SMILES string of the molecule is Cc1c(NC(=O)C(C)OCC2CC2)cccc1C(=O)N1CCc2sccc2C1. The Morgan fingerprint density at radius 3 is 2.93 bits per heavy atom. The zero-order chi connectivity index (χ0) is 19.7. The van der Waals surface area contributed by atoms with Gasteiger partial charge in [-0.05, 0) is 73.7 Å². The van der Waals surface area contributed by atoms with E-state index < -0.39 is 6.10 Å². The molecule has 2 aromatic rings. The summed E-state index contributed by atoms with van der Waals surface area (Å²) in [5.41, 5.74) is 3.36. The molecule has 5 nitrogen and oxygen atoms in total. The molecule has 1 fully saturated rings. The van der Waals surface area contributed by atoms with Gasteiger partial charge in [-0.15, -0.1) is 11.3 Å². The third-order valence-corrected chi connectivity index (χ3v) is 6.59. The summed E-state index contributed by atoms with van der Waals surface area (Å²) in [6.07, 6.45) is 2.80. The fourth-order valence-electron chi connectivity index (χ4n) is 3.47. The first-order chi connectivity index (χ1) is 13.5. The van der Waals surface area contributed by atoms with E-state index in [1.807, 2.05) is 30.0 Å². The average molecular weight is 399 g/mol. The summed E-state index contributed by atoms with van der Waals surface area (Å²) in [4.78, 5) is 28.8. The number of hydrogen-bond acceptors (Lipinski definition) is 4. The molecule has 0 saturated heterocycles. The van der Waals surface area contributed by atoms with Crippen molar-refractivity contribution in [1.82, 2.24) is 4.90 Å². The maximum atomic E-state index is 13.1. The van der Waals surface area contributed by atoms with Crippen molar-refractivity contribution in [2.45, 2.75) is 45.8 Å². The summed E-state index contributed by atoms with van der Waals surface area (Å²) in [5.74, 6) is 0.462. The van der Waals surface area contributed by atoms with Gasteiger partial charge in [-0.2, -0.15) is 0 Å². The van der Waals surface area contributed by atoms with Crippen LogP contribution in [-0.4, -0.2) is 36.0 Å². The number of carbonyl (C=O) groups is 2. The van der Waals surface area contributed by atoms with Crippen LogP contribution in [0.1, 0.15) is 46.1 Å². The zero-order valence-electron chi connectivity index (χ0n) is 16.4. The number of nitrogens with zero attached hydrogens (tertiary/aromatic N) is 1. The fourth-order valence-corrected chi connectivity index (χ4v) is 4.36. The number of ether oxygens (including phenoxy) is 1. The van der Waals surface area contributed by atoms with Gasteiger partial charge >= 0.3 is 0 Å². The largest absolute Gasteiger partial charge is 0.368 e. The molecule has 6 heteroatoms. The number of nitrogens with one attached hydrogen (secondary N) is 1. The summed E-state index contributed by atoms with van der Waals surface area (Å²) in [7, 11) is 0. The molecule has 1 aromatic heterocycles. The van der Waals surface area contributed by atoms with E-state index in [4.69, 9.17) is 4.74 Å². The van der Waals surface area contributed by atoms with Crippen LogP contribution in [0.2, 0.25) is 0 Å². The predicted octanol–water partition coefficient (Wildman–Crippen LogP) is 4.01. The number of anilines is 1. The Morgan fingerprint density at radius 2 is 2.14 bits per heavy atom. The number of carbonyl (C=O) groups excluding carboxylic acids is 2. The molecule has 1 N–H and O–H groups in total. The fraction of sp³-hybridized carbons (Fsp3) is 0.455. The molecule has 1 unspecified atom stereocenters. The minimum Gasteiger partial charge on any atom is -0.368 e. The maximum absolute atomic E-state index is 13.1. The van der Waals surface area contributed by atoms with E-state index in [2.05, 4.69) is 16.8 Å². The Balaban J connectivity index is 1.44. The van der Waals surface area contributed by atoms with Gasteiger partial charge in [0.25, 0.3) is 11.8 Å². The second-order valence-electron chi connectivity index (χ2n) is 7.73. The molecular weight excluding hydrogens is 372 g/mol. The molecule has 1 aromatic carbocycles. The van der Waals surface area contributed by atoms with Crippen molar-refractivity contribution >= 4 is 28.8 Å². The highest BCUT2D eigenvalue weighted by molar-refractivity contribution is 7.10. The highest BCUT2D eigenvalue weighted by atomic mass is 32.1. The smallest absolute Gasteiger partial charge is 0.254 e. The van der Waals surface area contributed by atoms with Gasteiger partial charge in [0.05, 0.1) is 6.61 Å². The van der Waals surface area contributed by atoms with Crippen LogP contribution in [0.4, 0.5) is 5.69 Å². The lowest BCUT2D eigenvalue weighted by atomic mass is 10.0. The van der Waals surface area contributed by atoms with Crippen LogP contribution in [0.25, 0.3) is 0 Å². The summed E-state index contributed by atoms with van der Waals surface area (Å²) < 4.78 is 5.65. The number of hydrogen-bond donors (Lipinski definition) is 1. The topological polar surface area (TPSA) is 58.6 Å². The predicted molar refractivity (Wildman–Crippen MR) is 111 cm³/mol. The summed E-state index contributed by atoms with van der Waals surface area (Å²) in [6, 6.07) is 7.60. The van der Waals surface area contributed by atoms with Crippen molar-refractivity contribution in [2.75, 3.05) is 18.5 Å². The van der Waals surface area contributed by atoms with Crippen LogP contribution in [0.5, 0.6) is 0 Å². The Labute approximate surface area is 169 Å². The van der Waals surface area contributed by atoms with Gasteiger partial charge in [0.2, 0.25) is 0 Å². The van der Waals surface area contributed by atoms with Gasteiger partial charge in [-0.25, -0.2) is 0 Å². The summed E-state index contributed by atoms with van der Waals surface area (Å²) >= 11 is 1.76. The van der Waals surface area contributed by atoms with Crippen molar-refractivity contribution in [1.29, 1.82) is 0 Å². The van der Waals surface area contributed by atoms with Gasteiger partial charge in [0.15, 0.2) is 0 Å². The van der Waals surface area contributed by atoms with Gasteiger partial charge in [-0.3, -0.25) is 9.59 Å². The lowest BCUT2D eigenvalue weighted by Crippen LogP contribution is -2.36. The van der Waals surface area contributed by atoms with Crippen LogP contribution in [0.15, 0.2) is 29.6 Å². The van der Waals surface area contributed by atoms with Crippen LogP contribution in [0.3, 0.4) is 0 Å². The van der Waals surface area contributed by atoms with Crippen molar-refractivity contribution in [3.05, 3.63) is 51.2 Å². The van der Waals surface area contributed by atoms with Gasteiger partial charge in [0, 0.05) is 29.2 Å². The summed E-state index contributed by atoms with van der Waals surface area (Å²) in [5, 5.41) is 5.02. The molecule has 1 atom stereocenters. The minimum absolute atomic E-state index is 0.0171. The Hall–Kier alpha value is -2.18. The van der Waals surface area contributed by atoms with E-state index in [9.17, 15) is 9.59 Å². The minimum atomic E-state index is -0.501. The Morgan fingerprint density at radius 1 is 1.32 bits per heavy atom. The van der Waals surface area contributed by atoms with Crippen LogP contribution >= 0.6 is 11.3 Å². The number of rotatable bonds is 6. The molecule has 2 aliphatic rings. The van der Waals surface area contributed by atoms with E-state index in [0.717, 1.165) is 18.5 Å². The number of benzene rings is 1. The number of thiophene rings is 1. The molecule has 0 radical (unpaired) electrons. The van der Waals surface area contributed by atoms with Crippen LogP contribution < -0.4 is 5.32 Å². The Kier molecular flexibility index (Phi) is 5.51. The van der Waals surface area contributed by atoms with Crippen molar-refractivity contribution in [3.63, 3.8) is 0 Å². The second-order valence-corrected chi connectivity index (χ2v) is 8.73. The van der Waals surface area contributed by atoms with Gasteiger partial charge < -0.3 is 15.0 Å². The molecule has 0 spiro atoms. The molecule has 4 rings (SSSR count). The van der Waals surface area contributed by atoms with Gasteiger partial charge in [0.1, 0.15) is 6.10 Å². The quantitative estimate of drug-likeness (QED) is 0.800. The average Bonchev–Trinajstić information content (AvgIpc) is 3.41. The number of fused-ring (bicyclic) bond motifs is 1. The molecule has 2 amide bonds. The highest BCUT2D eigenvalue weighted by Crippen LogP contribution is 2.29. The van der Waals surface area contributed by atoms with E-state index in [1.165, 1.54) is 23.3 Å². The zero-order valence-corrected chi connectivity index (χ0v) is 17.2. The monoisotopic (exact) mass is 398 g/mol. The van der Waals surface area contributed by atoms with Crippen LogP contribution in [0, 0.1) is 12.8 Å². The molecule has 148 valence electrons. The number of amides is 2. The third-order valence-electron chi connectivity index (χ3n) is 5.57. The lowest BCUT2D eigenvalue weighted by molar-refractivity contribution is -0.126. The van der Waals surface area contributed by atoms with E-state index in [1.54, 1.807) is 18.3 Å². The van der Waals surface area contributed by atoms with Crippen LogP contribution in [-0.2, 0) is 22.5 Å². The second kappa shape index (κ2) is 8.05. The van der Waals surface area contributed by atoms with Gasteiger partial charge in [-0.1, -0.05) is 6.07 Å². The maximum Gasteiger partial charge on any atom is 0.254 e. The first-order valence-electron chi connectivity index (χ1n) is 9.89. The Bertz CT molecular complexity index is 888.